The van der Waals surface area contributed by atoms with E-state index in [9.17, 15) is 4.79 Å². The van der Waals surface area contributed by atoms with Crippen molar-refractivity contribution in [2.45, 2.75) is 0 Å². The molecule has 23 heavy (non-hydrogen) atoms. The molecule has 1 fully saturated rings. The molecule has 1 aromatic rings. The molecule has 0 saturated carbocycles. The van der Waals surface area contributed by atoms with Gasteiger partial charge in [-0.05, 0) is 23.9 Å². The molecule has 0 N–H and O–H groups in total. The lowest BCUT2D eigenvalue weighted by Crippen LogP contribution is -2.38. The Labute approximate surface area is 138 Å². The van der Waals surface area contributed by atoms with Gasteiger partial charge in [-0.2, -0.15) is 4.99 Å². The Morgan fingerprint density at radius 1 is 1.13 bits per heavy atom. The van der Waals surface area contributed by atoms with Gasteiger partial charge in [0.1, 0.15) is 13.2 Å². The predicted octanol–water partition coefficient (Wildman–Crippen LogP) is 1.76. The third-order valence-electron chi connectivity index (χ3n) is 3.77. The number of nitrogens with zero attached hydrogens (tertiary/aromatic N) is 2. The molecule has 4 rings (SSSR count). The van der Waals surface area contributed by atoms with Gasteiger partial charge in [0.2, 0.25) is 0 Å². The molecule has 0 unspecified atom stereocenters. The van der Waals surface area contributed by atoms with Crippen LogP contribution in [0.5, 0.6) is 11.5 Å². The Kier molecular flexibility index (Phi) is 3.97. The van der Waals surface area contributed by atoms with E-state index in [1.807, 2.05) is 24.3 Å². The molecule has 0 radical (unpaired) electrons. The average Bonchev–Trinajstić information content (AvgIpc) is 2.97. The topological polar surface area (TPSA) is 60.4 Å². The van der Waals surface area contributed by atoms with Crippen molar-refractivity contribution in [1.29, 1.82) is 0 Å². The van der Waals surface area contributed by atoms with Crippen molar-refractivity contribution in [3.05, 3.63) is 28.7 Å². The summed E-state index contributed by atoms with van der Waals surface area (Å²) in [7, 11) is 0. The zero-order valence-corrected chi connectivity index (χ0v) is 13.3. The van der Waals surface area contributed by atoms with Crippen LogP contribution < -0.4 is 9.47 Å². The number of carbonyl (C=O) groups excluding carboxylic acids is 1. The van der Waals surface area contributed by atoms with Gasteiger partial charge in [-0.1, -0.05) is 12.1 Å². The van der Waals surface area contributed by atoms with Crippen LogP contribution in [-0.2, 0) is 9.53 Å². The first-order chi connectivity index (χ1) is 11.3. The van der Waals surface area contributed by atoms with Crippen molar-refractivity contribution in [3.63, 3.8) is 0 Å². The van der Waals surface area contributed by atoms with Gasteiger partial charge < -0.3 is 19.1 Å². The summed E-state index contributed by atoms with van der Waals surface area (Å²) >= 11 is 1.41. The molecular formula is C16H16N2O4S. The van der Waals surface area contributed by atoms with Gasteiger partial charge in [0.15, 0.2) is 16.7 Å². The maximum Gasteiger partial charge on any atom is 0.286 e. The molecule has 3 aliphatic rings. The van der Waals surface area contributed by atoms with E-state index in [2.05, 4.69) is 9.89 Å². The number of hydrogen-bond donors (Lipinski definition) is 0. The Morgan fingerprint density at radius 3 is 2.83 bits per heavy atom. The maximum absolute atomic E-state index is 12.2. The first kappa shape index (κ1) is 14.6. The molecular weight excluding hydrogens is 316 g/mol. The highest BCUT2D eigenvalue weighted by molar-refractivity contribution is 8.18. The van der Waals surface area contributed by atoms with E-state index in [0.717, 1.165) is 29.6 Å². The van der Waals surface area contributed by atoms with Gasteiger partial charge in [-0.3, -0.25) is 4.79 Å². The van der Waals surface area contributed by atoms with Gasteiger partial charge in [0.25, 0.3) is 5.91 Å². The van der Waals surface area contributed by atoms with Crippen LogP contribution in [0, 0.1) is 0 Å². The fourth-order valence-electron chi connectivity index (χ4n) is 2.64. The van der Waals surface area contributed by atoms with Crippen molar-refractivity contribution < 1.29 is 19.0 Å². The number of hydrogen-bond acceptors (Lipinski definition) is 6. The summed E-state index contributed by atoms with van der Waals surface area (Å²) in [6, 6.07) is 5.69. The first-order valence-electron chi connectivity index (χ1n) is 7.55. The summed E-state index contributed by atoms with van der Waals surface area (Å²) < 4.78 is 16.6. The van der Waals surface area contributed by atoms with Crippen LogP contribution in [0.3, 0.4) is 0 Å². The molecule has 0 aliphatic carbocycles. The molecule has 6 nitrogen and oxygen atoms in total. The number of aliphatic imine (C=N–C) groups is 1. The van der Waals surface area contributed by atoms with Gasteiger partial charge in [0.05, 0.1) is 18.1 Å². The quantitative estimate of drug-likeness (QED) is 0.731. The van der Waals surface area contributed by atoms with E-state index in [1.54, 1.807) is 0 Å². The second-order valence-corrected chi connectivity index (χ2v) is 6.29. The van der Waals surface area contributed by atoms with Gasteiger partial charge in [-0.25, -0.2) is 0 Å². The van der Waals surface area contributed by atoms with Crippen LogP contribution >= 0.6 is 11.8 Å². The maximum atomic E-state index is 12.2. The lowest BCUT2D eigenvalue weighted by Gasteiger charge is -2.27. The summed E-state index contributed by atoms with van der Waals surface area (Å²) in [5.41, 5.74) is 0.844. The molecule has 1 saturated heterocycles. The number of para-hydroxylation sites is 1. The van der Waals surface area contributed by atoms with Crippen molar-refractivity contribution in [2.75, 3.05) is 39.5 Å². The van der Waals surface area contributed by atoms with Crippen LogP contribution in [-0.4, -0.2) is 55.5 Å². The number of amidine groups is 1. The highest BCUT2D eigenvalue weighted by Gasteiger charge is 2.27. The van der Waals surface area contributed by atoms with Crippen molar-refractivity contribution >= 4 is 28.9 Å². The van der Waals surface area contributed by atoms with Crippen LogP contribution in [0.15, 0.2) is 28.1 Å². The van der Waals surface area contributed by atoms with Crippen molar-refractivity contribution in [3.8, 4) is 11.5 Å². The average molecular weight is 332 g/mol. The summed E-state index contributed by atoms with van der Waals surface area (Å²) in [4.78, 5) is 19.1. The third-order valence-corrected chi connectivity index (χ3v) is 4.82. The van der Waals surface area contributed by atoms with Crippen molar-refractivity contribution in [2.24, 2.45) is 4.99 Å². The molecule has 3 heterocycles. The number of amides is 1. The zero-order chi connectivity index (χ0) is 15.6. The number of ether oxygens (including phenoxy) is 3. The fraction of sp³-hybridized carbons (Fsp3) is 0.375. The normalized spacial score (nSPS) is 22.4. The van der Waals surface area contributed by atoms with E-state index in [-0.39, 0.29) is 5.91 Å². The van der Waals surface area contributed by atoms with Crippen LogP contribution in [0.25, 0.3) is 6.08 Å². The summed E-state index contributed by atoms with van der Waals surface area (Å²) in [6.45, 7) is 3.94. The zero-order valence-electron chi connectivity index (χ0n) is 12.5. The van der Waals surface area contributed by atoms with Gasteiger partial charge in [0, 0.05) is 18.7 Å². The largest absolute Gasteiger partial charge is 0.486 e. The van der Waals surface area contributed by atoms with Gasteiger partial charge in [-0.15, -0.1) is 0 Å². The molecule has 1 aromatic carbocycles. The SMILES string of the molecule is O=C1N=C(N2CCOCC2)S/C1=C\c1cccc2c1OCCO2. The number of carbonyl (C=O) groups is 1. The monoisotopic (exact) mass is 332 g/mol. The molecule has 3 aliphatic heterocycles. The Bertz CT molecular complexity index is 695. The number of fused-ring (bicyclic) bond motifs is 1. The Balaban J connectivity index is 1.57. The highest BCUT2D eigenvalue weighted by atomic mass is 32.2. The molecule has 0 bridgehead atoms. The second-order valence-electron chi connectivity index (χ2n) is 5.28. The second kappa shape index (κ2) is 6.25. The lowest BCUT2D eigenvalue weighted by atomic mass is 10.1. The summed E-state index contributed by atoms with van der Waals surface area (Å²) in [6.07, 6.45) is 1.83. The smallest absolute Gasteiger partial charge is 0.286 e. The molecule has 7 heteroatoms. The van der Waals surface area contributed by atoms with E-state index >= 15 is 0 Å². The minimum Gasteiger partial charge on any atom is -0.486 e. The number of thioether (sulfide) groups is 1. The van der Waals surface area contributed by atoms with Crippen LogP contribution in [0.4, 0.5) is 0 Å². The lowest BCUT2D eigenvalue weighted by molar-refractivity contribution is -0.113. The van der Waals surface area contributed by atoms with Crippen molar-refractivity contribution in [1.82, 2.24) is 4.90 Å². The van der Waals surface area contributed by atoms with E-state index in [1.165, 1.54) is 11.8 Å². The molecule has 0 aromatic heterocycles. The van der Waals surface area contributed by atoms with E-state index in [0.29, 0.717) is 37.1 Å². The summed E-state index contributed by atoms with van der Waals surface area (Å²) in [5.74, 6) is 1.21. The molecule has 120 valence electrons. The number of rotatable bonds is 1. The fourth-order valence-corrected chi connectivity index (χ4v) is 3.59. The Hall–Kier alpha value is -1.99. The van der Waals surface area contributed by atoms with Gasteiger partial charge >= 0.3 is 0 Å². The molecule has 0 atom stereocenters. The predicted molar refractivity (Wildman–Crippen MR) is 87.8 cm³/mol. The minimum absolute atomic E-state index is 0.203. The minimum atomic E-state index is -0.203. The van der Waals surface area contributed by atoms with E-state index < -0.39 is 0 Å². The van der Waals surface area contributed by atoms with Crippen LogP contribution in [0.2, 0.25) is 0 Å². The summed E-state index contributed by atoms with van der Waals surface area (Å²) in [5, 5.41) is 0.756. The highest BCUT2D eigenvalue weighted by Crippen LogP contribution is 2.37. The Morgan fingerprint density at radius 2 is 1.96 bits per heavy atom. The first-order valence-corrected chi connectivity index (χ1v) is 8.37. The molecule has 1 amide bonds. The third kappa shape index (κ3) is 2.94. The van der Waals surface area contributed by atoms with E-state index in [4.69, 9.17) is 14.2 Å². The number of morpholine rings is 1. The molecule has 0 spiro atoms. The standard InChI is InChI=1S/C16H16N2O4S/c19-15-13(23-16(17-15)18-4-6-20-7-5-18)10-11-2-1-3-12-14(11)22-9-8-21-12/h1-3,10H,4-9H2/b13-10-. The number of benzene rings is 1. The van der Waals surface area contributed by atoms with Crippen LogP contribution in [0.1, 0.15) is 5.56 Å².